The summed E-state index contributed by atoms with van der Waals surface area (Å²) >= 11 is 0. The van der Waals surface area contributed by atoms with Gasteiger partial charge in [-0.2, -0.15) is 0 Å². The van der Waals surface area contributed by atoms with E-state index in [2.05, 4.69) is 34.0 Å². The van der Waals surface area contributed by atoms with E-state index in [1.165, 1.54) is 0 Å². The normalized spacial score (nSPS) is 14.8. The molecule has 5 nitrogen and oxygen atoms in total. The van der Waals surface area contributed by atoms with Crippen LogP contribution in [0, 0.1) is 5.92 Å². The number of rotatable bonds is 9. The van der Waals surface area contributed by atoms with E-state index in [0.29, 0.717) is 13.1 Å². The second-order valence-electron chi connectivity index (χ2n) is 5.15. The minimum atomic E-state index is 0.185. The molecular formula is C15H28N4O. The monoisotopic (exact) mass is 280 g/mol. The summed E-state index contributed by atoms with van der Waals surface area (Å²) in [6.07, 6.45) is 6.11. The van der Waals surface area contributed by atoms with Crippen molar-refractivity contribution in [3.63, 3.8) is 0 Å². The van der Waals surface area contributed by atoms with Gasteiger partial charge in [0, 0.05) is 32.6 Å². The average molecular weight is 280 g/mol. The third-order valence-corrected chi connectivity index (χ3v) is 3.22. The number of nitrogens with zero attached hydrogens (tertiary/aromatic N) is 2. The van der Waals surface area contributed by atoms with E-state index in [4.69, 9.17) is 0 Å². The van der Waals surface area contributed by atoms with E-state index in [9.17, 15) is 4.79 Å². The Morgan fingerprint density at radius 2 is 2.20 bits per heavy atom. The van der Waals surface area contributed by atoms with Gasteiger partial charge in [-0.1, -0.05) is 6.08 Å². The molecule has 0 radical (unpaired) electrons. The molecule has 0 atom stereocenters. The van der Waals surface area contributed by atoms with Gasteiger partial charge in [0.1, 0.15) is 0 Å². The number of allylic oxidation sites excluding steroid dienone is 1. The van der Waals surface area contributed by atoms with Crippen LogP contribution >= 0.6 is 0 Å². The highest BCUT2D eigenvalue weighted by Gasteiger charge is 2.28. The van der Waals surface area contributed by atoms with Crippen LogP contribution in [0.25, 0.3) is 0 Å². The summed E-state index contributed by atoms with van der Waals surface area (Å²) in [6, 6.07) is 0. The first-order valence-corrected chi connectivity index (χ1v) is 7.57. The third-order valence-electron chi connectivity index (χ3n) is 3.22. The van der Waals surface area contributed by atoms with E-state index < -0.39 is 0 Å². The highest BCUT2D eigenvalue weighted by atomic mass is 16.2. The Morgan fingerprint density at radius 1 is 1.45 bits per heavy atom. The fraction of sp³-hybridized carbons (Fsp3) is 0.733. The first-order valence-electron chi connectivity index (χ1n) is 7.57. The van der Waals surface area contributed by atoms with Crippen LogP contribution in [0.3, 0.4) is 0 Å². The number of nitrogens with one attached hydrogen (secondary N) is 2. The first-order chi connectivity index (χ1) is 9.69. The second-order valence-corrected chi connectivity index (χ2v) is 5.15. The molecular weight excluding hydrogens is 252 g/mol. The molecule has 0 saturated heterocycles. The molecule has 0 aromatic rings. The van der Waals surface area contributed by atoms with Crippen molar-refractivity contribution < 1.29 is 4.79 Å². The zero-order valence-corrected chi connectivity index (χ0v) is 12.8. The molecule has 5 heteroatoms. The zero-order valence-electron chi connectivity index (χ0n) is 12.8. The van der Waals surface area contributed by atoms with Crippen molar-refractivity contribution in [3.05, 3.63) is 12.7 Å². The molecule has 0 aromatic heterocycles. The molecule has 1 saturated carbocycles. The standard InChI is InChI=1S/C15H28N4O/c1-4-6-7-12-19(3)15(16-5-2)18-11-10-17-14(20)13-8-9-13/h4,13H,1,5-12H2,2-3H3,(H,16,18)(H,17,20). The van der Waals surface area contributed by atoms with Crippen molar-refractivity contribution in [1.82, 2.24) is 15.5 Å². The lowest BCUT2D eigenvalue weighted by Crippen LogP contribution is -2.40. The van der Waals surface area contributed by atoms with Crippen molar-refractivity contribution in [2.75, 3.05) is 33.2 Å². The Kier molecular flexibility index (Phi) is 7.77. The van der Waals surface area contributed by atoms with Crippen molar-refractivity contribution in [2.24, 2.45) is 10.9 Å². The highest BCUT2D eigenvalue weighted by molar-refractivity contribution is 5.81. The number of carbonyl (C=O) groups excluding carboxylic acids is 1. The first kappa shape index (κ1) is 16.5. The Balaban J connectivity index is 2.28. The molecule has 1 fully saturated rings. The predicted molar refractivity (Wildman–Crippen MR) is 83.8 cm³/mol. The molecule has 20 heavy (non-hydrogen) atoms. The molecule has 1 rings (SSSR count). The van der Waals surface area contributed by atoms with E-state index in [-0.39, 0.29) is 11.8 Å². The maximum Gasteiger partial charge on any atom is 0.223 e. The molecule has 0 unspecified atom stereocenters. The number of amides is 1. The van der Waals surface area contributed by atoms with Crippen LogP contribution in [0.5, 0.6) is 0 Å². The SMILES string of the molecule is C=CCCCN(C)C(=NCCNC(=O)C1CC1)NCC. The molecule has 114 valence electrons. The van der Waals surface area contributed by atoms with Gasteiger partial charge in [0.15, 0.2) is 5.96 Å². The van der Waals surface area contributed by atoms with Gasteiger partial charge in [0.25, 0.3) is 0 Å². The Bertz CT molecular complexity index is 337. The van der Waals surface area contributed by atoms with Crippen LogP contribution in [0.2, 0.25) is 0 Å². The van der Waals surface area contributed by atoms with Crippen LogP contribution in [0.4, 0.5) is 0 Å². The van der Waals surface area contributed by atoms with E-state index in [1.807, 2.05) is 13.1 Å². The number of hydrogen-bond donors (Lipinski definition) is 2. The summed E-state index contributed by atoms with van der Waals surface area (Å²) in [5.41, 5.74) is 0. The topological polar surface area (TPSA) is 56.7 Å². The summed E-state index contributed by atoms with van der Waals surface area (Å²) in [5.74, 6) is 1.36. The van der Waals surface area contributed by atoms with Crippen LogP contribution < -0.4 is 10.6 Å². The highest BCUT2D eigenvalue weighted by Crippen LogP contribution is 2.28. The molecule has 1 amide bonds. The summed E-state index contributed by atoms with van der Waals surface area (Å²) in [6.45, 7) is 8.82. The van der Waals surface area contributed by atoms with Crippen molar-refractivity contribution in [1.29, 1.82) is 0 Å². The van der Waals surface area contributed by atoms with E-state index in [0.717, 1.165) is 44.7 Å². The fourth-order valence-electron chi connectivity index (χ4n) is 1.88. The van der Waals surface area contributed by atoms with Gasteiger partial charge in [-0.25, -0.2) is 0 Å². The summed E-state index contributed by atoms with van der Waals surface area (Å²) < 4.78 is 0. The number of aliphatic imine (C=N–C) groups is 1. The van der Waals surface area contributed by atoms with Crippen LogP contribution in [0.1, 0.15) is 32.6 Å². The maximum atomic E-state index is 11.5. The smallest absolute Gasteiger partial charge is 0.223 e. The van der Waals surface area contributed by atoms with Crippen LogP contribution in [-0.4, -0.2) is 50.0 Å². The van der Waals surface area contributed by atoms with Crippen LogP contribution in [-0.2, 0) is 4.79 Å². The minimum absolute atomic E-state index is 0.185. The van der Waals surface area contributed by atoms with Gasteiger partial charge in [-0.05, 0) is 32.6 Å². The summed E-state index contributed by atoms with van der Waals surface area (Å²) in [4.78, 5) is 18.1. The molecule has 0 aliphatic heterocycles. The van der Waals surface area contributed by atoms with Gasteiger partial charge in [0.2, 0.25) is 5.91 Å². The van der Waals surface area contributed by atoms with Gasteiger partial charge >= 0.3 is 0 Å². The molecule has 0 aromatic carbocycles. The van der Waals surface area contributed by atoms with E-state index in [1.54, 1.807) is 0 Å². The molecule has 0 bridgehead atoms. The van der Waals surface area contributed by atoms with Crippen LogP contribution in [0.15, 0.2) is 17.6 Å². The lowest BCUT2D eigenvalue weighted by molar-refractivity contribution is -0.122. The predicted octanol–water partition coefficient (Wildman–Crippen LogP) is 1.38. The number of hydrogen-bond acceptors (Lipinski definition) is 2. The fourth-order valence-corrected chi connectivity index (χ4v) is 1.88. The molecule has 0 spiro atoms. The van der Waals surface area contributed by atoms with Gasteiger partial charge in [-0.15, -0.1) is 6.58 Å². The van der Waals surface area contributed by atoms with Crippen molar-refractivity contribution in [2.45, 2.75) is 32.6 Å². The largest absolute Gasteiger partial charge is 0.357 e. The number of carbonyl (C=O) groups is 1. The Hall–Kier alpha value is -1.52. The molecule has 2 N–H and O–H groups in total. The van der Waals surface area contributed by atoms with Crippen molar-refractivity contribution in [3.8, 4) is 0 Å². The van der Waals surface area contributed by atoms with Gasteiger partial charge in [0.05, 0.1) is 6.54 Å². The Labute approximate surface area is 122 Å². The second kappa shape index (κ2) is 9.39. The third kappa shape index (κ3) is 6.59. The number of guanidine groups is 1. The summed E-state index contributed by atoms with van der Waals surface area (Å²) in [7, 11) is 2.04. The molecule has 0 heterocycles. The minimum Gasteiger partial charge on any atom is -0.357 e. The lowest BCUT2D eigenvalue weighted by Gasteiger charge is -2.21. The molecule has 1 aliphatic carbocycles. The average Bonchev–Trinajstić information content (AvgIpc) is 3.26. The summed E-state index contributed by atoms with van der Waals surface area (Å²) in [5, 5.41) is 6.20. The Morgan fingerprint density at radius 3 is 2.80 bits per heavy atom. The molecule has 1 aliphatic rings. The van der Waals surface area contributed by atoms with Gasteiger partial charge < -0.3 is 15.5 Å². The zero-order chi connectivity index (χ0) is 14.8. The lowest BCUT2D eigenvalue weighted by atomic mass is 10.3. The van der Waals surface area contributed by atoms with Crippen molar-refractivity contribution >= 4 is 11.9 Å². The maximum absolute atomic E-state index is 11.5. The van der Waals surface area contributed by atoms with E-state index >= 15 is 0 Å². The number of unbranched alkanes of at least 4 members (excludes halogenated alkanes) is 1. The quantitative estimate of drug-likeness (QED) is 0.290. The van der Waals surface area contributed by atoms with Gasteiger partial charge in [-0.3, -0.25) is 9.79 Å².